The molecule has 2 radical (unpaired) electrons. The molecule has 2 N–H and O–H groups in total. The Morgan fingerprint density at radius 3 is 1.44 bits per heavy atom. The van der Waals surface area contributed by atoms with Crippen LogP contribution in [-0.2, 0) is 22.4 Å². The quantitative estimate of drug-likeness (QED) is 0.333. The Bertz CT molecular complexity index is 1860. The third-order valence-electron chi connectivity index (χ3n) is 8.67. The third-order valence-corrected chi connectivity index (χ3v) is 8.67. The molecule has 0 spiro atoms. The average molecular weight is 683 g/mol. The summed E-state index contributed by atoms with van der Waals surface area (Å²) in [4.78, 5) is 40.0. The molecule has 0 saturated carbocycles. The Balaban J connectivity index is 0.00000423. The van der Waals surface area contributed by atoms with Gasteiger partial charge in [0.05, 0.1) is 22.8 Å². The maximum absolute atomic E-state index is 11.4. The molecule has 9 heteroatoms. The summed E-state index contributed by atoms with van der Waals surface area (Å²) in [5.41, 5.74) is 14.9. The van der Waals surface area contributed by atoms with E-state index in [1.54, 1.807) is 0 Å². The molecule has 3 aromatic heterocycles. The SMILES string of the molecule is CCc1c(C)c2cc3[nH]c(cc4nc(cc5nc(cc1[nH]2)C(C)=C5CCC(=O)[O-])C(CCC(=O)[O-])=C4C)c(C)c3CC.[Sn+2]. The zero-order chi connectivity index (χ0) is 30.3. The first-order chi connectivity index (χ1) is 20.0. The number of carbonyl (C=O) groups excluding carboxylic acids is 2. The number of aliphatic carboxylic acids is 2. The summed E-state index contributed by atoms with van der Waals surface area (Å²) < 4.78 is 0. The Labute approximate surface area is 268 Å². The van der Waals surface area contributed by atoms with Crippen molar-refractivity contribution in [1.29, 1.82) is 0 Å². The van der Waals surface area contributed by atoms with E-state index in [1.165, 1.54) is 16.7 Å². The number of aromatic nitrogens is 4. The summed E-state index contributed by atoms with van der Waals surface area (Å²) in [6, 6.07) is 8.09. The number of carboxylic acid groups (broad SMARTS) is 2. The molecule has 0 amide bonds. The second-order valence-corrected chi connectivity index (χ2v) is 11.1. The van der Waals surface area contributed by atoms with Crippen LogP contribution in [0, 0.1) is 13.8 Å². The van der Waals surface area contributed by atoms with Crippen LogP contribution in [0.25, 0.3) is 44.4 Å². The Morgan fingerprint density at radius 2 is 1.02 bits per heavy atom. The molecule has 0 aromatic carbocycles. The second kappa shape index (κ2) is 12.9. The van der Waals surface area contributed by atoms with Gasteiger partial charge in [-0.1, -0.05) is 13.8 Å². The zero-order valence-electron chi connectivity index (χ0n) is 25.6. The largest absolute Gasteiger partial charge is 2.00 e. The molecule has 0 atom stereocenters. The minimum atomic E-state index is -1.13. The van der Waals surface area contributed by atoms with Crippen LogP contribution in [0.15, 0.2) is 24.3 Å². The molecular weight excluding hydrogens is 647 g/mol. The number of nitrogens with one attached hydrogen (secondary N) is 2. The van der Waals surface area contributed by atoms with Crippen molar-refractivity contribution in [2.45, 2.75) is 80.1 Å². The van der Waals surface area contributed by atoms with Crippen LogP contribution in [0.5, 0.6) is 0 Å². The first-order valence-corrected chi connectivity index (χ1v) is 14.6. The minimum Gasteiger partial charge on any atom is -0.550 e. The summed E-state index contributed by atoms with van der Waals surface area (Å²) >= 11 is 0. The molecule has 2 aliphatic heterocycles. The first kappa shape index (κ1) is 32.3. The van der Waals surface area contributed by atoms with E-state index in [1.807, 2.05) is 32.0 Å². The Kier molecular flexibility index (Phi) is 9.69. The number of carbonyl (C=O) groups is 2. The van der Waals surface area contributed by atoms with Crippen LogP contribution in [0.1, 0.15) is 98.4 Å². The van der Waals surface area contributed by atoms with Crippen molar-refractivity contribution >= 4 is 80.2 Å². The van der Waals surface area contributed by atoms with Gasteiger partial charge in [-0.25, -0.2) is 9.97 Å². The molecule has 0 fully saturated rings. The smallest absolute Gasteiger partial charge is 0.550 e. The maximum atomic E-state index is 11.4. The number of carboxylic acids is 2. The van der Waals surface area contributed by atoms with Crippen LogP contribution in [0.3, 0.4) is 0 Å². The van der Waals surface area contributed by atoms with E-state index in [9.17, 15) is 19.8 Å². The number of allylic oxidation sites excluding steroid dienone is 4. The van der Waals surface area contributed by atoms with Crippen LogP contribution >= 0.6 is 0 Å². The normalized spacial score (nSPS) is 13.0. The van der Waals surface area contributed by atoms with Gasteiger partial charge >= 0.3 is 23.9 Å². The number of hydrogen-bond donors (Lipinski definition) is 2. The number of aromatic amines is 2. The molecule has 43 heavy (non-hydrogen) atoms. The van der Waals surface area contributed by atoms with Gasteiger partial charge < -0.3 is 29.8 Å². The number of hydrogen-bond acceptors (Lipinski definition) is 6. The van der Waals surface area contributed by atoms with Gasteiger partial charge in [-0.05, 0) is 135 Å². The predicted octanol–water partition coefficient (Wildman–Crippen LogP) is 4.60. The van der Waals surface area contributed by atoms with Crippen molar-refractivity contribution in [2.24, 2.45) is 0 Å². The summed E-state index contributed by atoms with van der Waals surface area (Å²) in [7, 11) is 0. The van der Waals surface area contributed by atoms with Gasteiger partial charge in [0.15, 0.2) is 0 Å². The third kappa shape index (κ3) is 6.20. The summed E-state index contributed by atoms with van der Waals surface area (Å²) in [5, 5.41) is 22.8. The predicted molar refractivity (Wildman–Crippen MR) is 168 cm³/mol. The van der Waals surface area contributed by atoms with E-state index in [4.69, 9.17) is 9.97 Å². The first-order valence-electron chi connectivity index (χ1n) is 14.6. The maximum Gasteiger partial charge on any atom is 2.00 e. The Morgan fingerprint density at radius 1 is 0.628 bits per heavy atom. The monoisotopic (exact) mass is 684 g/mol. The van der Waals surface area contributed by atoms with E-state index < -0.39 is 11.9 Å². The van der Waals surface area contributed by atoms with Crippen molar-refractivity contribution in [3.63, 3.8) is 0 Å². The number of rotatable bonds is 8. The van der Waals surface area contributed by atoms with Crippen LogP contribution in [-0.4, -0.2) is 55.8 Å². The molecular formula is C34H36N4O4Sn. The van der Waals surface area contributed by atoms with Gasteiger partial charge in [0.1, 0.15) is 0 Å². The topological polar surface area (TPSA) is 138 Å². The molecule has 8 bridgehead atoms. The standard InChI is InChI=1S/C34H38N4O4.Sn/c1-7-21-17(3)25-13-26-19(5)23(9-11-33(39)40)31(37-26)16-32-24(10-12-34(41)42)20(6)28(38-32)15-30-22(8-2)18(4)27(36-30)14-29(21)35-25;/h13-16,35-36H,7-12H2,1-6H3,(H,39,40)(H,41,42);/q;+2/p-2. The van der Waals surface area contributed by atoms with Crippen molar-refractivity contribution in [3.8, 4) is 0 Å². The van der Waals surface area contributed by atoms with Crippen LogP contribution < -0.4 is 10.2 Å². The second-order valence-electron chi connectivity index (χ2n) is 11.1. The summed E-state index contributed by atoms with van der Waals surface area (Å²) in [6.45, 7) is 12.4. The molecule has 5 heterocycles. The average Bonchev–Trinajstić information content (AvgIpc) is 3.59. The van der Waals surface area contributed by atoms with Gasteiger partial charge in [0, 0.05) is 34.0 Å². The van der Waals surface area contributed by atoms with Crippen molar-refractivity contribution < 1.29 is 19.8 Å². The fraction of sp³-hybridized carbons (Fsp3) is 0.353. The van der Waals surface area contributed by atoms with Crippen molar-refractivity contribution in [1.82, 2.24) is 19.9 Å². The fourth-order valence-corrected chi connectivity index (χ4v) is 6.21. The van der Waals surface area contributed by atoms with Gasteiger partial charge in [0.25, 0.3) is 0 Å². The number of fused-ring (bicyclic) bond motifs is 8. The molecule has 0 saturated heterocycles. The number of aryl methyl sites for hydroxylation is 4. The molecule has 5 rings (SSSR count). The van der Waals surface area contributed by atoms with Gasteiger partial charge in [-0.3, -0.25) is 0 Å². The van der Waals surface area contributed by atoms with E-state index >= 15 is 0 Å². The van der Waals surface area contributed by atoms with E-state index in [2.05, 4.69) is 43.7 Å². The van der Waals surface area contributed by atoms with Crippen LogP contribution in [0.2, 0.25) is 0 Å². The molecule has 8 nitrogen and oxygen atoms in total. The molecule has 2 aliphatic rings. The molecule has 220 valence electrons. The van der Waals surface area contributed by atoms with Gasteiger partial charge in [0.2, 0.25) is 0 Å². The van der Waals surface area contributed by atoms with E-state index in [-0.39, 0.29) is 49.6 Å². The zero-order valence-corrected chi connectivity index (χ0v) is 28.4. The Hall–Kier alpha value is -3.66. The molecule has 3 aromatic rings. The number of nitrogens with zero attached hydrogens (tertiary/aromatic N) is 2. The van der Waals surface area contributed by atoms with Crippen molar-refractivity contribution in [3.05, 3.63) is 69.3 Å². The summed E-state index contributed by atoms with van der Waals surface area (Å²) in [6.07, 6.45) is 1.96. The van der Waals surface area contributed by atoms with E-state index in [0.29, 0.717) is 11.4 Å². The van der Waals surface area contributed by atoms with Gasteiger partial charge in [-0.15, -0.1) is 0 Å². The van der Waals surface area contributed by atoms with E-state index in [0.717, 1.165) is 74.2 Å². The summed E-state index contributed by atoms with van der Waals surface area (Å²) in [5.74, 6) is -2.25. The molecule has 0 aliphatic carbocycles. The van der Waals surface area contributed by atoms with Crippen molar-refractivity contribution in [2.75, 3.05) is 0 Å². The van der Waals surface area contributed by atoms with Gasteiger partial charge in [-0.2, -0.15) is 0 Å². The molecule has 0 unspecified atom stereocenters. The fourth-order valence-electron chi connectivity index (χ4n) is 6.21. The van der Waals surface area contributed by atoms with Crippen LogP contribution in [0.4, 0.5) is 0 Å². The number of H-pyrrole nitrogens is 2. The minimum absolute atomic E-state index is 0.